The van der Waals surface area contributed by atoms with Gasteiger partial charge in [-0.2, -0.15) is 0 Å². The van der Waals surface area contributed by atoms with Gasteiger partial charge >= 0.3 is 0 Å². The summed E-state index contributed by atoms with van der Waals surface area (Å²) in [5.74, 6) is 1.83. The Labute approximate surface area is 146 Å². The van der Waals surface area contributed by atoms with Crippen LogP contribution >= 0.6 is 11.6 Å². The number of carbonyl (C=O) groups excluding carboxylic acids is 2. The van der Waals surface area contributed by atoms with Crippen molar-refractivity contribution in [3.63, 3.8) is 0 Å². The van der Waals surface area contributed by atoms with Gasteiger partial charge in [0.15, 0.2) is 0 Å². The number of rotatable bonds is 6. The zero-order valence-corrected chi connectivity index (χ0v) is 13.8. The quantitative estimate of drug-likeness (QED) is 0.793. The van der Waals surface area contributed by atoms with E-state index in [0.29, 0.717) is 22.7 Å². The number of aryl methyl sites for hydroxylation is 1. The first-order valence-corrected chi connectivity index (χ1v) is 7.83. The third kappa shape index (κ3) is 4.87. The van der Waals surface area contributed by atoms with Crippen LogP contribution in [0.4, 0.5) is 5.69 Å². The van der Waals surface area contributed by atoms with E-state index in [1.165, 1.54) is 0 Å². The minimum absolute atomic E-state index is 0.133. The zero-order valence-electron chi connectivity index (χ0n) is 13.0. The first-order valence-electron chi connectivity index (χ1n) is 7.45. The number of nitrogens with one attached hydrogen (secondary N) is 2. The van der Waals surface area contributed by atoms with Crippen LogP contribution in [-0.2, 0) is 11.2 Å². The number of hydrogen-bond donors (Lipinski definition) is 2. The SMILES string of the molecule is C#CCNC(=O)c1ccccc1NC(=O)CCc1ccccc1Cl. The Kier molecular flexibility index (Phi) is 6.41. The van der Waals surface area contributed by atoms with Crippen LogP contribution < -0.4 is 10.6 Å². The molecule has 2 aromatic carbocycles. The highest BCUT2D eigenvalue weighted by Crippen LogP contribution is 2.18. The smallest absolute Gasteiger partial charge is 0.254 e. The van der Waals surface area contributed by atoms with E-state index in [0.717, 1.165) is 5.56 Å². The van der Waals surface area contributed by atoms with E-state index in [1.807, 2.05) is 18.2 Å². The van der Waals surface area contributed by atoms with Crippen molar-refractivity contribution in [1.29, 1.82) is 0 Å². The number of amides is 2. The summed E-state index contributed by atoms with van der Waals surface area (Å²) in [5.41, 5.74) is 1.74. The molecule has 0 saturated heterocycles. The zero-order chi connectivity index (χ0) is 17.4. The predicted molar refractivity (Wildman–Crippen MR) is 96.0 cm³/mol. The van der Waals surface area contributed by atoms with Gasteiger partial charge in [-0.25, -0.2) is 0 Å². The average molecular weight is 341 g/mol. The molecule has 2 N–H and O–H groups in total. The number of halogens is 1. The third-order valence-electron chi connectivity index (χ3n) is 3.38. The Morgan fingerprint density at radius 2 is 1.79 bits per heavy atom. The second-order valence-electron chi connectivity index (χ2n) is 5.07. The normalized spacial score (nSPS) is 9.83. The van der Waals surface area contributed by atoms with Crippen LogP contribution in [0.3, 0.4) is 0 Å². The van der Waals surface area contributed by atoms with Gasteiger partial charge in [0.25, 0.3) is 5.91 Å². The summed E-state index contributed by atoms with van der Waals surface area (Å²) in [5, 5.41) is 5.99. The van der Waals surface area contributed by atoms with Crippen LogP contribution in [0.5, 0.6) is 0 Å². The van der Waals surface area contributed by atoms with Crippen molar-refractivity contribution in [1.82, 2.24) is 5.32 Å². The lowest BCUT2D eigenvalue weighted by molar-refractivity contribution is -0.116. The maximum atomic E-state index is 12.2. The molecule has 0 spiro atoms. The van der Waals surface area contributed by atoms with Crippen LogP contribution in [0.25, 0.3) is 0 Å². The number of hydrogen-bond acceptors (Lipinski definition) is 2. The predicted octanol–water partition coefficient (Wildman–Crippen LogP) is 3.27. The maximum Gasteiger partial charge on any atom is 0.254 e. The minimum atomic E-state index is -0.324. The van der Waals surface area contributed by atoms with Gasteiger partial charge in [0.2, 0.25) is 5.91 Å². The molecule has 0 bridgehead atoms. The highest BCUT2D eigenvalue weighted by atomic mass is 35.5. The van der Waals surface area contributed by atoms with Crippen molar-refractivity contribution in [2.45, 2.75) is 12.8 Å². The van der Waals surface area contributed by atoms with Gasteiger partial charge in [0.1, 0.15) is 0 Å². The molecule has 24 heavy (non-hydrogen) atoms. The van der Waals surface area contributed by atoms with Gasteiger partial charge in [-0.3, -0.25) is 9.59 Å². The summed E-state index contributed by atoms with van der Waals surface area (Å²) in [6.07, 6.45) is 5.93. The van der Waals surface area contributed by atoms with Gasteiger partial charge in [-0.05, 0) is 30.2 Å². The number of terminal acetylenes is 1. The Hall–Kier alpha value is -2.77. The van der Waals surface area contributed by atoms with Gasteiger partial charge in [-0.15, -0.1) is 6.42 Å². The van der Waals surface area contributed by atoms with Crippen LogP contribution in [0.2, 0.25) is 5.02 Å². The molecule has 2 amide bonds. The first kappa shape index (κ1) is 17.6. The van der Waals surface area contributed by atoms with Gasteiger partial charge in [0, 0.05) is 11.4 Å². The molecule has 0 unspecified atom stereocenters. The molecule has 5 heteroatoms. The summed E-state index contributed by atoms with van der Waals surface area (Å²) >= 11 is 6.08. The number of para-hydroxylation sites is 1. The number of anilines is 1. The summed E-state index contributed by atoms with van der Waals surface area (Å²) < 4.78 is 0. The topological polar surface area (TPSA) is 58.2 Å². The summed E-state index contributed by atoms with van der Waals surface area (Å²) in [6.45, 7) is 0.133. The van der Waals surface area contributed by atoms with E-state index in [4.69, 9.17) is 18.0 Å². The molecule has 0 aliphatic carbocycles. The lowest BCUT2D eigenvalue weighted by Crippen LogP contribution is -2.25. The van der Waals surface area contributed by atoms with Gasteiger partial charge in [-0.1, -0.05) is 47.9 Å². The van der Waals surface area contributed by atoms with Gasteiger partial charge < -0.3 is 10.6 Å². The van der Waals surface area contributed by atoms with Crippen molar-refractivity contribution < 1.29 is 9.59 Å². The maximum absolute atomic E-state index is 12.2. The van der Waals surface area contributed by atoms with Crippen molar-refractivity contribution in [3.8, 4) is 12.3 Å². The molecule has 0 heterocycles. The lowest BCUT2D eigenvalue weighted by Gasteiger charge is -2.11. The van der Waals surface area contributed by atoms with E-state index in [9.17, 15) is 9.59 Å². The Bertz CT molecular complexity index is 781. The monoisotopic (exact) mass is 340 g/mol. The van der Waals surface area contributed by atoms with Crippen LogP contribution in [0.1, 0.15) is 22.3 Å². The molecule has 0 fully saturated rings. The number of benzene rings is 2. The van der Waals surface area contributed by atoms with E-state index in [2.05, 4.69) is 16.6 Å². The molecule has 0 saturated carbocycles. The van der Waals surface area contributed by atoms with Crippen molar-refractivity contribution in [2.24, 2.45) is 0 Å². The van der Waals surface area contributed by atoms with Crippen LogP contribution in [0, 0.1) is 12.3 Å². The van der Waals surface area contributed by atoms with Crippen molar-refractivity contribution >= 4 is 29.1 Å². The van der Waals surface area contributed by atoms with Gasteiger partial charge in [0.05, 0.1) is 17.8 Å². The molecule has 0 aliphatic rings. The van der Waals surface area contributed by atoms with Crippen LogP contribution in [-0.4, -0.2) is 18.4 Å². The molecule has 4 nitrogen and oxygen atoms in total. The Morgan fingerprint density at radius 1 is 1.08 bits per heavy atom. The Morgan fingerprint density at radius 3 is 2.54 bits per heavy atom. The first-order chi connectivity index (χ1) is 11.6. The van der Waals surface area contributed by atoms with E-state index >= 15 is 0 Å². The highest BCUT2D eigenvalue weighted by Gasteiger charge is 2.12. The standard InChI is InChI=1S/C19H17ClN2O2/c1-2-13-21-19(24)15-8-4-6-10-17(15)22-18(23)12-11-14-7-3-5-9-16(14)20/h1,3-10H,11-13H2,(H,21,24)(H,22,23). The highest BCUT2D eigenvalue weighted by molar-refractivity contribution is 6.31. The van der Waals surface area contributed by atoms with Crippen molar-refractivity contribution in [2.75, 3.05) is 11.9 Å². The molecular weight excluding hydrogens is 324 g/mol. The number of carbonyl (C=O) groups is 2. The summed E-state index contributed by atoms with van der Waals surface area (Å²) in [4.78, 5) is 24.2. The fourth-order valence-electron chi connectivity index (χ4n) is 2.18. The second kappa shape index (κ2) is 8.76. The molecule has 0 atom stereocenters. The third-order valence-corrected chi connectivity index (χ3v) is 3.74. The molecule has 0 radical (unpaired) electrons. The summed E-state index contributed by atoms with van der Waals surface area (Å²) in [6, 6.07) is 14.2. The average Bonchev–Trinajstić information content (AvgIpc) is 2.59. The minimum Gasteiger partial charge on any atom is -0.341 e. The van der Waals surface area contributed by atoms with Crippen molar-refractivity contribution in [3.05, 3.63) is 64.7 Å². The largest absolute Gasteiger partial charge is 0.341 e. The van der Waals surface area contributed by atoms with E-state index < -0.39 is 0 Å². The molecule has 122 valence electrons. The molecule has 0 aliphatic heterocycles. The Balaban J connectivity index is 2.00. The fourth-order valence-corrected chi connectivity index (χ4v) is 2.41. The molecular formula is C19H17ClN2O2. The second-order valence-corrected chi connectivity index (χ2v) is 5.48. The fraction of sp³-hybridized carbons (Fsp3) is 0.158. The van der Waals surface area contributed by atoms with E-state index in [1.54, 1.807) is 30.3 Å². The molecule has 2 aromatic rings. The van der Waals surface area contributed by atoms with Crippen LogP contribution in [0.15, 0.2) is 48.5 Å². The van der Waals surface area contributed by atoms with E-state index in [-0.39, 0.29) is 24.8 Å². The molecule has 0 aromatic heterocycles. The lowest BCUT2D eigenvalue weighted by atomic mass is 10.1. The molecule has 2 rings (SSSR count). The summed E-state index contributed by atoms with van der Waals surface area (Å²) in [7, 11) is 0.